The summed E-state index contributed by atoms with van der Waals surface area (Å²) in [5.41, 5.74) is 1.61. The van der Waals surface area contributed by atoms with E-state index < -0.39 is 5.92 Å². The second kappa shape index (κ2) is 7.46. The first-order valence-electron chi connectivity index (χ1n) is 8.06. The number of benzene rings is 2. The smallest absolute Gasteiger partial charge is 0.227 e. The summed E-state index contributed by atoms with van der Waals surface area (Å²) in [5, 5.41) is 4.13. The van der Waals surface area contributed by atoms with Gasteiger partial charge in [0, 0.05) is 18.0 Å². The zero-order valence-corrected chi connectivity index (χ0v) is 15.2. The summed E-state index contributed by atoms with van der Waals surface area (Å²) in [6.45, 7) is 2.24. The number of nitrogens with one attached hydrogen (secondary N) is 1. The molecule has 130 valence electrons. The van der Waals surface area contributed by atoms with Crippen molar-refractivity contribution in [1.82, 2.24) is 5.32 Å². The molecule has 25 heavy (non-hydrogen) atoms. The second-order valence-corrected chi connectivity index (χ2v) is 6.98. The van der Waals surface area contributed by atoms with E-state index in [9.17, 15) is 9.59 Å². The normalized spacial score (nSPS) is 18.3. The number of hydrogen-bond donors (Lipinski definition) is 1. The van der Waals surface area contributed by atoms with Crippen molar-refractivity contribution in [3.63, 3.8) is 0 Å². The summed E-state index contributed by atoms with van der Waals surface area (Å²) in [6.07, 6.45) is 0.185. The standard InChI is InChI=1S/C19H18Cl2N2O2/c1-12(13-6-8-15(20)9-7-13)22-19(25)14-10-18(24)23(11-14)17-5-3-2-4-16(17)21/h2-9,12,14H,10-11H2,1H3,(H,22,25). The Bertz CT molecular complexity index is 792. The van der Waals surface area contributed by atoms with Crippen LogP contribution >= 0.6 is 23.2 Å². The lowest BCUT2D eigenvalue weighted by atomic mass is 10.1. The fraction of sp³-hybridized carbons (Fsp3) is 0.263. The van der Waals surface area contributed by atoms with Gasteiger partial charge in [0.2, 0.25) is 11.8 Å². The van der Waals surface area contributed by atoms with Crippen LogP contribution in [0.5, 0.6) is 0 Å². The lowest BCUT2D eigenvalue weighted by Crippen LogP contribution is -2.34. The van der Waals surface area contributed by atoms with E-state index in [-0.39, 0.29) is 24.3 Å². The highest BCUT2D eigenvalue weighted by molar-refractivity contribution is 6.34. The number of anilines is 1. The van der Waals surface area contributed by atoms with Gasteiger partial charge in [-0.15, -0.1) is 0 Å². The molecule has 1 fully saturated rings. The minimum atomic E-state index is -0.390. The van der Waals surface area contributed by atoms with Gasteiger partial charge >= 0.3 is 0 Å². The van der Waals surface area contributed by atoms with E-state index in [1.807, 2.05) is 31.2 Å². The molecular formula is C19H18Cl2N2O2. The zero-order chi connectivity index (χ0) is 18.0. The van der Waals surface area contributed by atoms with E-state index in [0.717, 1.165) is 5.56 Å². The molecule has 4 nitrogen and oxygen atoms in total. The number of para-hydroxylation sites is 1. The van der Waals surface area contributed by atoms with Gasteiger partial charge in [0.15, 0.2) is 0 Å². The Balaban J connectivity index is 1.66. The molecule has 3 rings (SSSR count). The molecule has 1 N–H and O–H groups in total. The molecule has 0 spiro atoms. The Morgan fingerprint density at radius 1 is 1.16 bits per heavy atom. The second-order valence-electron chi connectivity index (χ2n) is 6.14. The van der Waals surface area contributed by atoms with Crippen molar-refractivity contribution in [2.45, 2.75) is 19.4 Å². The minimum Gasteiger partial charge on any atom is -0.349 e. The number of amides is 2. The van der Waals surface area contributed by atoms with E-state index >= 15 is 0 Å². The first-order chi connectivity index (χ1) is 12.0. The first-order valence-corrected chi connectivity index (χ1v) is 8.82. The first kappa shape index (κ1) is 17.8. The number of rotatable bonds is 4. The van der Waals surface area contributed by atoms with Crippen molar-refractivity contribution < 1.29 is 9.59 Å². The van der Waals surface area contributed by atoms with Gasteiger partial charge in [-0.3, -0.25) is 9.59 Å². The minimum absolute atomic E-state index is 0.0904. The maximum absolute atomic E-state index is 12.6. The molecule has 6 heteroatoms. The lowest BCUT2D eigenvalue weighted by Gasteiger charge is -2.19. The van der Waals surface area contributed by atoms with Gasteiger partial charge in [0.25, 0.3) is 0 Å². The Hall–Kier alpha value is -2.04. The predicted octanol–water partition coefficient (Wildman–Crippen LogP) is 4.22. The third-order valence-corrected chi connectivity index (χ3v) is 4.94. The van der Waals surface area contributed by atoms with E-state index in [1.54, 1.807) is 29.2 Å². The van der Waals surface area contributed by atoms with Gasteiger partial charge in [-0.25, -0.2) is 0 Å². The van der Waals surface area contributed by atoms with Crippen molar-refractivity contribution in [1.29, 1.82) is 0 Å². The molecule has 0 aromatic heterocycles. The van der Waals surface area contributed by atoms with Crippen molar-refractivity contribution in [2.24, 2.45) is 5.92 Å². The highest BCUT2D eigenvalue weighted by Crippen LogP contribution is 2.31. The topological polar surface area (TPSA) is 49.4 Å². The van der Waals surface area contributed by atoms with Crippen LogP contribution in [0.1, 0.15) is 24.9 Å². The lowest BCUT2D eigenvalue weighted by molar-refractivity contribution is -0.126. The number of nitrogens with zero attached hydrogens (tertiary/aromatic N) is 1. The Morgan fingerprint density at radius 2 is 1.84 bits per heavy atom. The van der Waals surface area contributed by atoms with Gasteiger partial charge in [-0.05, 0) is 36.8 Å². The van der Waals surface area contributed by atoms with Crippen LogP contribution in [0.15, 0.2) is 48.5 Å². The molecule has 0 bridgehead atoms. The van der Waals surface area contributed by atoms with Crippen LogP contribution in [0.25, 0.3) is 0 Å². The van der Waals surface area contributed by atoms with Crippen LogP contribution in [0.3, 0.4) is 0 Å². The maximum atomic E-state index is 12.6. The number of carbonyl (C=O) groups is 2. The molecule has 2 unspecified atom stereocenters. The summed E-state index contributed by atoms with van der Waals surface area (Å²) in [5.74, 6) is -0.615. The molecule has 2 aromatic carbocycles. The fourth-order valence-corrected chi connectivity index (χ4v) is 3.32. The number of hydrogen-bond acceptors (Lipinski definition) is 2. The van der Waals surface area contributed by atoms with E-state index in [0.29, 0.717) is 22.3 Å². The quantitative estimate of drug-likeness (QED) is 0.867. The summed E-state index contributed by atoms with van der Waals surface area (Å²) in [4.78, 5) is 26.4. The van der Waals surface area contributed by atoms with Crippen molar-refractivity contribution in [3.05, 3.63) is 64.1 Å². The van der Waals surface area contributed by atoms with Gasteiger partial charge in [-0.2, -0.15) is 0 Å². The number of carbonyl (C=O) groups excluding carboxylic acids is 2. The summed E-state index contributed by atoms with van der Waals surface area (Å²) >= 11 is 12.1. The molecule has 1 aliphatic heterocycles. The highest BCUT2D eigenvalue weighted by atomic mass is 35.5. The summed E-state index contributed by atoms with van der Waals surface area (Å²) in [6, 6.07) is 14.3. The average molecular weight is 377 g/mol. The molecule has 2 atom stereocenters. The number of halogens is 2. The van der Waals surface area contributed by atoms with E-state index in [2.05, 4.69) is 5.32 Å². The molecule has 1 aliphatic rings. The van der Waals surface area contributed by atoms with Crippen LogP contribution in [0.2, 0.25) is 10.0 Å². The molecule has 0 aliphatic carbocycles. The van der Waals surface area contributed by atoms with Crippen molar-refractivity contribution in [2.75, 3.05) is 11.4 Å². The summed E-state index contributed by atoms with van der Waals surface area (Å²) in [7, 11) is 0. The van der Waals surface area contributed by atoms with Crippen LogP contribution in [-0.2, 0) is 9.59 Å². The van der Waals surface area contributed by atoms with Crippen molar-refractivity contribution >= 4 is 40.7 Å². The zero-order valence-electron chi connectivity index (χ0n) is 13.7. The average Bonchev–Trinajstić information content (AvgIpc) is 2.97. The van der Waals surface area contributed by atoms with Crippen LogP contribution in [-0.4, -0.2) is 18.4 Å². The van der Waals surface area contributed by atoms with Crippen LogP contribution < -0.4 is 10.2 Å². The maximum Gasteiger partial charge on any atom is 0.227 e. The molecule has 2 aromatic rings. The fourth-order valence-electron chi connectivity index (χ4n) is 2.95. The molecule has 2 amide bonds. The largest absolute Gasteiger partial charge is 0.349 e. The SMILES string of the molecule is CC(NC(=O)C1CC(=O)N(c2ccccc2Cl)C1)c1ccc(Cl)cc1. The highest BCUT2D eigenvalue weighted by Gasteiger charge is 2.36. The van der Waals surface area contributed by atoms with Gasteiger partial charge < -0.3 is 10.2 Å². The van der Waals surface area contributed by atoms with Gasteiger partial charge in [0.1, 0.15) is 0 Å². The predicted molar refractivity (Wildman–Crippen MR) is 99.9 cm³/mol. The molecular weight excluding hydrogens is 359 g/mol. The molecule has 1 heterocycles. The van der Waals surface area contributed by atoms with Gasteiger partial charge in [-0.1, -0.05) is 47.5 Å². The Morgan fingerprint density at radius 3 is 2.52 bits per heavy atom. The third-order valence-electron chi connectivity index (χ3n) is 4.37. The Labute approximate surface area is 156 Å². The third kappa shape index (κ3) is 3.97. The molecule has 0 radical (unpaired) electrons. The molecule has 1 saturated heterocycles. The van der Waals surface area contributed by atoms with Crippen LogP contribution in [0, 0.1) is 5.92 Å². The monoisotopic (exact) mass is 376 g/mol. The Kier molecular flexibility index (Phi) is 5.30. The molecule has 0 saturated carbocycles. The van der Waals surface area contributed by atoms with E-state index in [4.69, 9.17) is 23.2 Å². The van der Waals surface area contributed by atoms with Gasteiger partial charge in [0.05, 0.1) is 22.7 Å². The summed E-state index contributed by atoms with van der Waals surface area (Å²) < 4.78 is 0. The van der Waals surface area contributed by atoms with E-state index in [1.165, 1.54) is 0 Å². The van der Waals surface area contributed by atoms with Crippen molar-refractivity contribution in [3.8, 4) is 0 Å². The van der Waals surface area contributed by atoms with Crippen LogP contribution in [0.4, 0.5) is 5.69 Å².